The molecule has 11 heteroatoms. The molecule has 440 valence electrons. The first-order chi connectivity index (χ1) is 36.5. The summed E-state index contributed by atoms with van der Waals surface area (Å²) in [6.45, 7) is 8.21. The fourth-order valence-electron chi connectivity index (χ4n) is 10.9. The number of unbranched alkanes of at least 4 members (excludes halogenated alkanes) is 42. The van der Waals surface area contributed by atoms with Gasteiger partial charge in [0.15, 0.2) is 18.9 Å². The molecule has 0 amide bonds. The summed E-state index contributed by atoms with van der Waals surface area (Å²) in [5.74, 6) is 0. The lowest BCUT2D eigenvalue weighted by atomic mass is 10.0. The van der Waals surface area contributed by atoms with Gasteiger partial charge in [-0.3, -0.25) is 13.6 Å². The van der Waals surface area contributed by atoms with E-state index in [0.29, 0.717) is 19.8 Å². The summed E-state index contributed by atoms with van der Waals surface area (Å²) in [4.78, 5) is 0. The fourth-order valence-corrected chi connectivity index (χ4v) is 12.2. The van der Waals surface area contributed by atoms with Crippen molar-refractivity contribution in [2.75, 3.05) is 39.6 Å². The minimum Gasteiger partial charge on any atom is -0.350 e. The zero-order valence-corrected chi connectivity index (χ0v) is 50.1. The predicted molar refractivity (Wildman–Crippen MR) is 308 cm³/mol. The second kappa shape index (κ2) is 49.9. The van der Waals surface area contributed by atoms with Crippen LogP contribution in [0.15, 0.2) is 0 Å². The Morgan fingerprint density at radius 1 is 0.284 bits per heavy atom. The molecule has 0 aromatic heterocycles. The molecule has 3 heterocycles. The van der Waals surface area contributed by atoms with E-state index in [4.69, 9.17) is 42.0 Å². The van der Waals surface area contributed by atoms with Gasteiger partial charge >= 0.3 is 7.82 Å². The monoisotopic (exact) mass is 1070 g/mol. The number of rotatable bonds is 57. The van der Waals surface area contributed by atoms with Crippen LogP contribution in [0.1, 0.15) is 329 Å². The zero-order valence-electron chi connectivity index (χ0n) is 49.2. The van der Waals surface area contributed by atoms with Crippen LogP contribution in [0.5, 0.6) is 0 Å². The van der Waals surface area contributed by atoms with E-state index >= 15 is 0 Å². The first-order valence-corrected chi connectivity index (χ1v) is 34.3. The Kier molecular flexibility index (Phi) is 45.9. The van der Waals surface area contributed by atoms with Gasteiger partial charge in [-0.15, -0.1) is 0 Å². The summed E-state index contributed by atoms with van der Waals surface area (Å²) in [7, 11) is -4.00. The van der Waals surface area contributed by atoms with E-state index in [2.05, 4.69) is 20.8 Å². The summed E-state index contributed by atoms with van der Waals surface area (Å²) < 4.78 is 68.8. The molecule has 3 fully saturated rings. The van der Waals surface area contributed by atoms with Crippen LogP contribution >= 0.6 is 7.82 Å². The maximum absolute atomic E-state index is 14.3. The number of phosphoric acid groups is 1. The maximum atomic E-state index is 14.3. The van der Waals surface area contributed by atoms with Crippen LogP contribution in [-0.4, -0.2) is 76.8 Å². The number of ether oxygens (including phenoxy) is 6. The van der Waals surface area contributed by atoms with Crippen LogP contribution in [0.3, 0.4) is 0 Å². The van der Waals surface area contributed by atoms with Gasteiger partial charge in [0.1, 0.15) is 18.3 Å². The molecule has 3 aliphatic heterocycles. The molecule has 0 aromatic rings. The molecule has 10 nitrogen and oxygen atoms in total. The summed E-state index contributed by atoms with van der Waals surface area (Å²) in [5.41, 5.74) is 0. The quantitative estimate of drug-likeness (QED) is 0.0432. The Morgan fingerprint density at radius 2 is 0.459 bits per heavy atom. The number of phosphoric ester groups is 1. The summed E-state index contributed by atoms with van der Waals surface area (Å²) in [5, 5.41) is 0. The van der Waals surface area contributed by atoms with Crippen LogP contribution in [0, 0.1) is 0 Å². The van der Waals surface area contributed by atoms with E-state index in [1.54, 1.807) is 0 Å². The molecule has 6 atom stereocenters. The van der Waals surface area contributed by atoms with Crippen LogP contribution in [0.25, 0.3) is 0 Å². The Labute approximate surface area is 458 Å². The van der Waals surface area contributed by atoms with E-state index in [0.717, 1.165) is 38.5 Å². The third-order valence-electron chi connectivity index (χ3n) is 15.8. The lowest BCUT2D eigenvalue weighted by Gasteiger charge is -2.22. The van der Waals surface area contributed by atoms with Crippen molar-refractivity contribution < 1.29 is 46.6 Å². The Hall–Kier alpha value is -0.130. The second-order valence-corrected chi connectivity index (χ2v) is 24.8. The van der Waals surface area contributed by atoms with Crippen molar-refractivity contribution in [3.05, 3.63) is 0 Å². The largest absolute Gasteiger partial charge is 0.475 e. The lowest BCUT2D eigenvalue weighted by Crippen LogP contribution is -2.24. The molecule has 0 bridgehead atoms. The molecule has 0 aromatic carbocycles. The van der Waals surface area contributed by atoms with Gasteiger partial charge in [-0.05, 0) is 38.5 Å². The van der Waals surface area contributed by atoms with Crippen LogP contribution < -0.4 is 0 Å². The smallest absolute Gasteiger partial charge is 0.350 e. The fraction of sp³-hybridized carbons (Fsp3) is 1.00. The Balaban J connectivity index is 1.28. The topological polar surface area (TPSA) is 100 Å². The highest BCUT2D eigenvalue weighted by Crippen LogP contribution is 2.50. The molecule has 0 spiro atoms. The van der Waals surface area contributed by atoms with Gasteiger partial charge in [-0.1, -0.05) is 290 Å². The van der Waals surface area contributed by atoms with Gasteiger partial charge in [0.25, 0.3) is 0 Å². The van der Waals surface area contributed by atoms with Crippen molar-refractivity contribution in [1.82, 2.24) is 0 Å². The van der Waals surface area contributed by atoms with Gasteiger partial charge in [0, 0.05) is 0 Å². The molecule has 3 rings (SSSR count). The molecular formula is C63H123O10P. The van der Waals surface area contributed by atoms with Crippen molar-refractivity contribution in [2.24, 2.45) is 0 Å². The van der Waals surface area contributed by atoms with Crippen molar-refractivity contribution in [2.45, 2.75) is 366 Å². The van der Waals surface area contributed by atoms with Gasteiger partial charge in [-0.2, -0.15) is 0 Å². The van der Waals surface area contributed by atoms with Crippen molar-refractivity contribution in [3.8, 4) is 0 Å². The molecule has 0 N–H and O–H groups in total. The van der Waals surface area contributed by atoms with E-state index < -0.39 is 7.82 Å². The molecule has 74 heavy (non-hydrogen) atoms. The first kappa shape index (κ1) is 68.1. The van der Waals surface area contributed by atoms with Crippen molar-refractivity contribution >= 4 is 7.82 Å². The van der Waals surface area contributed by atoms with Crippen molar-refractivity contribution in [1.29, 1.82) is 0 Å². The maximum Gasteiger partial charge on any atom is 0.475 e. The average Bonchev–Trinajstić information content (AvgIpc) is 4.20. The number of hydrogen-bond acceptors (Lipinski definition) is 10. The van der Waals surface area contributed by atoms with Gasteiger partial charge < -0.3 is 28.4 Å². The molecule has 0 saturated carbocycles. The van der Waals surface area contributed by atoms with E-state index in [1.165, 1.54) is 270 Å². The SMILES string of the molecule is CCCCCCCCCCCCCCCCCC1OCC(COP(=O)(OCC2COC(CCCCCCCCCCCCCCCCC)O2)OCC2COC(CCCCCCCCCCCCCCCCC)O2)O1. The van der Waals surface area contributed by atoms with E-state index in [9.17, 15) is 4.57 Å². The van der Waals surface area contributed by atoms with E-state index in [-0.39, 0.29) is 57.0 Å². The zero-order chi connectivity index (χ0) is 52.5. The Bertz CT molecular complexity index is 1090. The average molecular weight is 1070 g/mol. The summed E-state index contributed by atoms with van der Waals surface area (Å²) in [6, 6.07) is 0. The molecular weight excluding hydrogens is 948 g/mol. The van der Waals surface area contributed by atoms with Gasteiger partial charge in [0.05, 0.1) is 39.6 Å². The summed E-state index contributed by atoms with van der Waals surface area (Å²) >= 11 is 0. The predicted octanol–water partition coefficient (Wildman–Crippen LogP) is 20.2. The normalized spacial score (nSPS) is 21.9. The Morgan fingerprint density at radius 3 is 0.649 bits per heavy atom. The highest BCUT2D eigenvalue weighted by atomic mass is 31.2. The van der Waals surface area contributed by atoms with E-state index in [1.807, 2.05) is 0 Å². The minimum absolute atomic E-state index is 0.0559. The lowest BCUT2D eigenvalue weighted by molar-refractivity contribution is -0.0789. The third-order valence-corrected chi connectivity index (χ3v) is 17.2. The van der Waals surface area contributed by atoms with Crippen molar-refractivity contribution in [3.63, 3.8) is 0 Å². The standard InChI is InChI=1S/C63H123O10P/c1-4-7-10-13-16-19-22-25-28-31-34-37-40-43-46-49-61-65-52-58(71-61)55-68-74(64,69-56-59-53-66-62(72-59)50-47-44-41-38-35-32-29-26-23-20-17-14-11-8-5-2)70-57-60-54-67-63(73-60)51-48-45-42-39-36-33-30-27-24-21-18-15-12-9-6-3/h58-63H,4-57H2,1-3H3. The molecule has 3 aliphatic rings. The highest BCUT2D eigenvalue weighted by molar-refractivity contribution is 7.48. The second-order valence-electron chi connectivity index (χ2n) is 23.1. The van der Waals surface area contributed by atoms with Crippen LogP contribution in [0.4, 0.5) is 0 Å². The summed E-state index contributed by atoms with van der Waals surface area (Å²) in [6.07, 6.45) is 61.3. The number of hydrogen-bond donors (Lipinski definition) is 0. The molecule has 6 unspecified atom stereocenters. The first-order valence-electron chi connectivity index (χ1n) is 32.9. The molecule has 0 aliphatic carbocycles. The third kappa shape index (κ3) is 39.3. The molecule has 0 radical (unpaired) electrons. The minimum atomic E-state index is -4.00. The van der Waals surface area contributed by atoms with Crippen LogP contribution in [-0.2, 0) is 46.6 Å². The molecule has 3 saturated heterocycles. The van der Waals surface area contributed by atoms with Gasteiger partial charge in [0.2, 0.25) is 0 Å². The van der Waals surface area contributed by atoms with Gasteiger partial charge in [-0.25, -0.2) is 4.57 Å². The highest BCUT2D eigenvalue weighted by Gasteiger charge is 2.37. The van der Waals surface area contributed by atoms with Crippen LogP contribution in [0.2, 0.25) is 0 Å².